The van der Waals surface area contributed by atoms with Crippen LogP contribution < -0.4 is 0 Å². The van der Waals surface area contributed by atoms with Gasteiger partial charge in [0.2, 0.25) is 0 Å². The van der Waals surface area contributed by atoms with Crippen LogP contribution in [0.1, 0.15) is 102 Å². The Labute approximate surface area is 214 Å². The van der Waals surface area contributed by atoms with E-state index in [0.29, 0.717) is 12.8 Å². The lowest BCUT2D eigenvalue weighted by molar-refractivity contribution is 0.469. The van der Waals surface area contributed by atoms with Crippen molar-refractivity contribution in [3.8, 4) is 0 Å². The minimum absolute atomic E-state index is 0.0981. The fourth-order valence-electron chi connectivity index (χ4n) is 4.67. The molecule has 196 valence electrons. The first-order valence-corrected chi connectivity index (χ1v) is 16.2. The topological polar surface area (TPSA) is 68.3 Å². The van der Waals surface area contributed by atoms with E-state index in [2.05, 4.69) is 13.8 Å². The predicted molar refractivity (Wildman–Crippen MR) is 146 cm³/mol. The summed E-state index contributed by atoms with van der Waals surface area (Å²) in [6.45, 7) is 8.05. The number of hydrogen-bond donors (Lipinski definition) is 0. The van der Waals surface area contributed by atoms with E-state index in [1.807, 2.05) is 13.8 Å². The van der Waals surface area contributed by atoms with Crippen molar-refractivity contribution in [1.29, 1.82) is 0 Å². The predicted octanol–water partition coefficient (Wildman–Crippen LogP) is 7.97. The quantitative estimate of drug-likeness (QED) is 0.210. The van der Waals surface area contributed by atoms with Gasteiger partial charge in [0.05, 0.1) is 9.79 Å². The molecule has 4 nitrogen and oxygen atoms in total. The smallest absolute Gasteiger partial charge is 0.198 e. The Balaban J connectivity index is 2.62. The van der Waals surface area contributed by atoms with E-state index in [9.17, 15) is 16.8 Å². The molecule has 0 aliphatic heterocycles. The lowest BCUT2D eigenvalue weighted by atomic mass is 10.0. The van der Waals surface area contributed by atoms with Crippen LogP contribution in [0.15, 0.2) is 58.3 Å². The zero-order chi connectivity index (χ0) is 26.0. The van der Waals surface area contributed by atoms with Gasteiger partial charge in [-0.25, -0.2) is 16.8 Å². The van der Waals surface area contributed by atoms with E-state index in [1.54, 1.807) is 48.5 Å². The molecular formula is C29H44O4S2. The van der Waals surface area contributed by atoms with E-state index < -0.39 is 23.8 Å². The summed E-state index contributed by atoms with van der Waals surface area (Å²) >= 11 is 0. The molecule has 0 aliphatic carbocycles. The highest BCUT2D eigenvalue weighted by Gasteiger charge is 2.54. The van der Waals surface area contributed by atoms with Gasteiger partial charge < -0.3 is 0 Å². The lowest BCUT2D eigenvalue weighted by Gasteiger charge is -2.33. The van der Waals surface area contributed by atoms with Gasteiger partial charge in [0.1, 0.15) is 0 Å². The first-order valence-electron chi connectivity index (χ1n) is 13.2. The molecule has 0 heterocycles. The number of hydrogen-bond acceptors (Lipinski definition) is 4. The molecule has 6 heteroatoms. The van der Waals surface area contributed by atoms with Gasteiger partial charge in [-0.1, -0.05) is 113 Å². The molecule has 0 spiro atoms. The van der Waals surface area contributed by atoms with Crippen molar-refractivity contribution in [3.63, 3.8) is 0 Å². The molecule has 0 aliphatic rings. The number of aryl methyl sites for hydroxylation is 2. The van der Waals surface area contributed by atoms with Gasteiger partial charge in [-0.05, 0) is 51.0 Å². The van der Waals surface area contributed by atoms with E-state index >= 15 is 0 Å². The van der Waals surface area contributed by atoms with Gasteiger partial charge in [0.15, 0.2) is 23.8 Å². The molecule has 0 saturated heterocycles. The SMILES string of the molecule is CCCCCCCC(CCCCCCC)(S(=O)(=O)c1ccc(C)cc1)S(=O)(=O)c1ccc(C)cc1. The van der Waals surface area contributed by atoms with Crippen LogP contribution in [0.3, 0.4) is 0 Å². The summed E-state index contributed by atoms with van der Waals surface area (Å²) in [7, 11) is -8.34. The van der Waals surface area contributed by atoms with Crippen LogP contribution in [0, 0.1) is 13.8 Å². The van der Waals surface area contributed by atoms with Crippen LogP contribution in [0.5, 0.6) is 0 Å². The normalized spacial score (nSPS) is 12.7. The number of rotatable bonds is 16. The van der Waals surface area contributed by atoms with Crippen molar-refractivity contribution in [1.82, 2.24) is 0 Å². The molecule has 0 bridgehead atoms. The van der Waals surface area contributed by atoms with Crippen LogP contribution >= 0.6 is 0 Å². The second kappa shape index (κ2) is 13.6. The Morgan fingerprint density at radius 3 is 1.14 bits per heavy atom. The van der Waals surface area contributed by atoms with Gasteiger partial charge in [-0.15, -0.1) is 0 Å². The molecule has 0 N–H and O–H groups in total. The molecule has 0 saturated carbocycles. The Hall–Kier alpha value is -1.66. The molecule has 2 aromatic rings. The molecular weight excluding hydrogens is 476 g/mol. The Morgan fingerprint density at radius 2 is 0.829 bits per heavy atom. The maximum Gasteiger partial charge on any atom is 0.198 e. The van der Waals surface area contributed by atoms with Crippen molar-refractivity contribution in [2.24, 2.45) is 0 Å². The molecule has 0 atom stereocenters. The highest BCUT2D eigenvalue weighted by Crippen LogP contribution is 2.44. The second-order valence-electron chi connectivity index (χ2n) is 9.87. The van der Waals surface area contributed by atoms with Crippen LogP contribution in [0.4, 0.5) is 0 Å². The average molecular weight is 521 g/mol. The largest absolute Gasteiger partial charge is 0.222 e. The monoisotopic (exact) mass is 520 g/mol. The van der Waals surface area contributed by atoms with Crippen molar-refractivity contribution >= 4 is 19.7 Å². The van der Waals surface area contributed by atoms with Gasteiger partial charge in [0, 0.05) is 0 Å². The number of unbranched alkanes of at least 4 members (excludes halogenated alkanes) is 8. The number of sulfone groups is 2. The summed E-state index contributed by atoms with van der Waals surface area (Å²) < 4.78 is 55.4. The van der Waals surface area contributed by atoms with Gasteiger partial charge >= 0.3 is 0 Å². The first-order chi connectivity index (χ1) is 16.6. The summed E-state index contributed by atoms with van der Waals surface area (Å²) in [6, 6.07) is 13.3. The third-order valence-corrected chi connectivity index (χ3v) is 12.8. The zero-order valence-electron chi connectivity index (χ0n) is 22.1. The van der Waals surface area contributed by atoms with E-state index in [1.165, 1.54) is 0 Å². The second-order valence-corrected chi connectivity index (χ2v) is 14.7. The van der Waals surface area contributed by atoms with E-state index in [4.69, 9.17) is 0 Å². The lowest BCUT2D eigenvalue weighted by Crippen LogP contribution is -2.46. The Bertz CT molecular complexity index is 1010. The zero-order valence-corrected chi connectivity index (χ0v) is 23.7. The molecule has 0 unspecified atom stereocenters. The molecule has 0 amide bonds. The van der Waals surface area contributed by atoms with Crippen molar-refractivity contribution in [3.05, 3.63) is 59.7 Å². The third kappa shape index (κ3) is 7.19. The maximum absolute atomic E-state index is 14.3. The minimum atomic E-state index is -4.17. The van der Waals surface area contributed by atoms with Gasteiger partial charge in [-0.2, -0.15) is 0 Å². The van der Waals surface area contributed by atoms with Gasteiger partial charge in [0.25, 0.3) is 0 Å². The van der Waals surface area contributed by atoms with Crippen molar-refractivity contribution < 1.29 is 16.8 Å². The fourth-order valence-corrected chi connectivity index (χ4v) is 9.90. The molecule has 2 aromatic carbocycles. The molecule has 0 aromatic heterocycles. The minimum Gasteiger partial charge on any atom is -0.222 e. The summed E-state index contributed by atoms with van der Waals surface area (Å²) in [5.41, 5.74) is 1.88. The van der Waals surface area contributed by atoms with Crippen LogP contribution in [0.2, 0.25) is 0 Å². The van der Waals surface area contributed by atoms with E-state index in [0.717, 1.165) is 62.5 Å². The van der Waals surface area contributed by atoms with Crippen molar-refractivity contribution in [2.45, 2.75) is 119 Å². The average Bonchev–Trinajstić information content (AvgIpc) is 2.82. The highest BCUT2D eigenvalue weighted by atomic mass is 32.3. The highest BCUT2D eigenvalue weighted by molar-refractivity contribution is 8.10. The molecule has 35 heavy (non-hydrogen) atoms. The summed E-state index contributed by atoms with van der Waals surface area (Å²) in [4.78, 5) is 0.196. The van der Waals surface area contributed by atoms with E-state index in [-0.39, 0.29) is 22.6 Å². The van der Waals surface area contributed by atoms with Crippen LogP contribution in [0.25, 0.3) is 0 Å². The summed E-state index contributed by atoms with van der Waals surface area (Å²) in [5, 5.41) is 0. The Morgan fingerprint density at radius 1 is 0.514 bits per heavy atom. The molecule has 0 radical (unpaired) electrons. The maximum atomic E-state index is 14.3. The Kier molecular flexibility index (Phi) is 11.5. The third-order valence-electron chi connectivity index (χ3n) is 6.96. The van der Waals surface area contributed by atoms with Crippen molar-refractivity contribution in [2.75, 3.05) is 0 Å². The van der Waals surface area contributed by atoms with Crippen LogP contribution in [-0.2, 0) is 19.7 Å². The van der Waals surface area contributed by atoms with Crippen LogP contribution in [-0.4, -0.2) is 20.9 Å². The fraction of sp³-hybridized carbons (Fsp3) is 0.586. The molecule has 0 fully saturated rings. The standard InChI is InChI=1S/C29H44O4S2/c1-5-7-9-11-13-23-29(24-14-12-10-8-6-2,34(30,31)27-19-15-25(3)16-20-27)35(32,33)28-21-17-26(4)18-22-28/h15-22H,5-14,23-24H2,1-4H3. The summed E-state index contributed by atoms with van der Waals surface area (Å²) in [5.74, 6) is 0. The first kappa shape index (κ1) is 29.6. The molecule has 2 rings (SSSR count). The summed E-state index contributed by atoms with van der Waals surface area (Å²) in [6.07, 6.45) is 9.31. The number of benzene rings is 2. The van der Waals surface area contributed by atoms with Gasteiger partial charge in [-0.3, -0.25) is 0 Å².